The Labute approximate surface area is 165 Å². The third kappa shape index (κ3) is 3.04. The highest BCUT2D eigenvalue weighted by molar-refractivity contribution is 6.33. The molecule has 0 aliphatic rings. The molecule has 2 aromatic heterocycles. The lowest BCUT2D eigenvalue weighted by atomic mass is 9.96. The summed E-state index contributed by atoms with van der Waals surface area (Å²) in [6.45, 7) is 9.09. The zero-order valence-corrected chi connectivity index (χ0v) is 15.5. The molecule has 0 fully saturated rings. The van der Waals surface area contributed by atoms with Gasteiger partial charge in [0.1, 0.15) is 11.5 Å². The van der Waals surface area contributed by atoms with Gasteiger partial charge in [0.15, 0.2) is 5.43 Å². The summed E-state index contributed by atoms with van der Waals surface area (Å²) in [5.41, 5.74) is 4.09. The molecular formula is C22H13ClFN3O. The number of hydrogen-bond donors (Lipinski definition) is 1. The molecule has 0 unspecified atom stereocenters. The standard InChI is InChI=1S/C22H13ClFN3O/c1-12-9-14(10-18(23)20(12)25-2)16-11-17-19(28)7-8-26-22(17)27-21(16)13-3-5-15(24)6-4-13/h3-11H,1H3,(H,26,27,28). The molecule has 136 valence electrons. The van der Waals surface area contributed by atoms with Crippen LogP contribution in [0.2, 0.25) is 5.02 Å². The van der Waals surface area contributed by atoms with E-state index in [4.69, 9.17) is 18.2 Å². The summed E-state index contributed by atoms with van der Waals surface area (Å²) < 4.78 is 13.4. The topological polar surface area (TPSA) is 50.1 Å². The van der Waals surface area contributed by atoms with Crippen molar-refractivity contribution < 1.29 is 4.39 Å². The lowest BCUT2D eigenvalue weighted by Crippen LogP contribution is -2.03. The van der Waals surface area contributed by atoms with Gasteiger partial charge in [0.05, 0.1) is 17.7 Å². The molecule has 0 radical (unpaired) electrons. The van der Waals surface area contributed by atoms with Crippen LogP contribution in [0.5, 0.6) is 0 Å². The largest absolute Gasteiger partial charge is 0.346 e. The predicted molar refractivity (Wildman–Crippen MR) is 109 cm³/mol. The third-order valence-electron chi connectivity index (χ3n) is 4.54. The van der Waals surface area contributed by atoms with Crippen LogP contribution >= 0.6 is 11.6 Å². The first kappa shape index (κ1) is 17.9. The van der Waals surface area contributed by atoms with Crippen molar-refractivity contribution in [2.75, 3.05) is 0 Å². The van der Waals surface area contributed by atoms with Crippen molar-refractivity contribution in [3.05, 3.63) is 92.8 Å². The Morgan fingerprint density at radius 3 is 2.54 bits per heavy atom. The normalized spacial score (nSPS) is 10.8. The second-order valence-electron chi connectivity index (χ2n) is 6.36. The Morgan fingerprint density at radius 2 is 1.86 bits per heavy atom. The molecule has 0 saturated carbocycles. The van der Waals surface area contributed by atoms with Crippen molar-refractivity contribution >= 4 is 28.3 Å². The molecule has 28 heavy (non-hydrogen) atoms. The molecule has 1 N–H and O–H groups in total. The lowest BCUT2D eigenvalue weighted by Gasteiger charge is -2.13. The molecule has 0 aliphatic carbocycles. The van der Waals surface area contributed by atoms with Crippen molar-refractivity contribution in [2.45, 2.75) is 6.92 Å². The lowest BCUT2D eigenvalue weighted by molar-refractivity contribution is 0.628. The van der Waals surface area contributed by atoms with E-state index in [9.17, 15) is 9.18 Å². The Hall–Kier alpha value is -3.49. The number of aromatic amines is 1. The zero-order chi connectivity index (χ0) is 19.8. The van der Waals surface area contributed by atoms with E-state index in [1.165, 1.54) is 24.4 Å². The molecule has 0 amide bonds. The fourth-order valence-corrected chi connectivity index (χ4v) is 3.49. The molecule has 2 heterocycles. The number of aryl methyl sites for hydroxylation is 1. The van der Waals surface area contributed by atoms with Gasteiger partial charge in [-0.05, 0) is 54.4 Å². The smallest absolute Gasteiger partial charge is 0.208 e. The van der Waals surface area contributed by atoms with E-state index < -0.39 is 0 Å². The van der Waals surface area contributed by atoms with Crippen LogP contribution in [-0.2, 0) is 0 Å². The fraction of sp³-hybridized carbons (Fsp3) is 0.0455. The average Bonchev–Trinajstić information content (AvgIpc) is 2.68. The number of rotatable bonds is 2. The molecule has 4 aromatic rings. The monoisotopic (exact) mass is 389 g/mol. The SMILES string of the molecule is [C-]#[N+]c1c(C)cc(-c2cc3c(=O)cc[nH]c3nc2-c2ccc(F)cc2)cc1Cl. The van der Waals surface area contributed by atoms with E-state index in [1.807, 2.05) is 13.0 Å². The molecule has 4 nitrogen and oxygen atoms in total. The number of pyridine rings is 2. The summed E-state index contributed by atoms with van der Waals surface area (Å²) >= 11 is 6.30. The van der Waals surface area contributed by atoms with Gasteiger partial charge in [-0.1, -0.05) is 17.7 Å². The van der Waals surface area contributed by atoms with E-state index in [0.29, 0.717) is 38.6 Å². The van der Waals surface area contributed by atoms with Gasteiger partial charge in [0.2, 0.25) is 5.69 Å². The van der Waals surface area contributed by atoms with Crippen molar-refractivity contribution in [2.24, 2.45) is 0 Å². The number of fused-ring (bicyclic) bond motifs is 1. The number of aromatic nitrogens is 2. The first-order valence-electron chi connectivity index (χ1n) is 8.44. The van der Waals surface area contributed by atoms with Crippen molar-refractivity contribution in [3.63, 3.8) is 0 Å². The highest BCUT2D eigenvalue weighted by Gasteiger charge is 2.16. The summed E-state index contributed by atoms with van der Waals surface area (Å²) in [6, 6.07) is 12.7. The molecule has 4 rings (SSSR count). The minimum absolute atomic E-state index is 0.159. The van der Waals surface area contributed by atoms with E-state index in [0.717, 1.165) is 11.1 Å². The maximum atomic E-state index is 13.4. The highest BCUT2D eigenvalue weighted by atomic mass is 35.5. The van der Waals surface area contributed by atoms with Crippen molar-refractivity contribution in [1.82, 2.24) is 9.97 Å². The van der Waals surface area contributed by atoms with Crippen molar-refractivity contribution in [3.8, 4) is 22.4 Å². The predicted octanol–water partition coefficient (Wildman–Crippen LogP) is 5.91. The number of halogens is 2. The Morgan fingerprint density at radius 1 is 1.11 bits per heavy atom. The number of nitrogens with one attached hydrogen (secondary N) is 1. The maximum Gasteiger partial charge on any atom is 0.208 e. The molecule has 2 aromatic carbocycles. The average molecular weight is 390 g/mol. The summed E-state index contributed by atoms with van der Waals surface area (Å²) in [5.74, 6) is -0.347. The number of benzene rings is 2. The van der Waals surface area contributed by atoms with E-state index in [1.54, 1.807) is 24.3 Å². The van der Waals surface area contributed by atoms with Crippen LogP contribution in [0.3, 0.4) is 0 Å². The van der Waals surface area contributed by atoms with Crippen LogP contribution < -0.4 is 5.43 Å². The minimum Gasteiger partial charge on any atom is -0.346 e. The molecular weight excluding hydrogens is 377 g/mol. The number of hydrogen-bond acceptors (Lipinski definition) is 2. The van der Waals surface area contributed by atoms with Crippen molar-refractivity contribution in [1.29, 1.82) is 0 Å². The number of H-pyrrole nitrogens is 1. The Bertz CT molecular complexity index is 1300. The van der Waals surface area contributed by atoms with E-state index in [-0.39, 0.29) is 11.2 Å². The molecule has 0 atom stereocenters. The summed E-state index contributed by atoms with van der Waals surface area (Å²) in [4.78, 5) is 23.4. The minimum atomic E-state index is -0.347. The van der Waals surface area contributed by atoms with E-state index >= 15 is 0 Å². The van der Waals surface area contributed by atoms with Crippen LogP contribution in [0.1, 0.15) is 5.56 Å². The van der Waals surface area contributed by atoms with Gasteiger partial charge in [-0.2, -0.15) is 0 Å². The first-order valence-corrected chi connectivity index (χ1v) is 8.82. The summed E-state index contributed by atoms with van der Waals surface area (Å²) in [7, 11) is 0. The summed E-state index contributed by atoms with van der Waals surface area (Å²) in [5, 5.41) is 0.767. The molecule has 0 bridgehead atoms. The molecule has 0 spiro atoms. The van der Waals surface area contributed by atoms with Gasteiger partial charge in [0, 0.05) is 28.4 Å². The van der Waals surface area contributed by atoms with Gasteiger partial charge in [-0.15, -0.1) is 0 Å². The fourth-order valence-electron chi connectivity index (χ4n) is 3.18. The zero-order valence-electron chi connectivity index (χ0n) is 14.8. The maximum absolute atomic E-state index is 13.4. The van der Waals surface area contributed by atoms with Crippen LogP contribution in [0.4, 0.5) is 10.1 Å². The molecule has 0 saturated heterocycles. The van der Waals surface area contributed by atoms with Crippen LogP contribution in [0.25, 0.3) is 38.3 Å². The van der Waals surface area contributed by atoms with Gasteiger partial charge in [-0.25, -0.2) is 14.2 Å². The van der Waals surface area contributed by atoms with Gasteiger partial charge in [-0.3, -0.25) is 4.79 Å². The first-order chi connectivity index (χ1) is 13.5. The summed E-state index contributed by atoms with van der Waals surface area (Å²) in [6.07, 6.45) is 1.54. The highest BCUT2D eigenvalue weighted by Crippen LogP contribution is 2.38. The molecule has 0 aliphatic heterocycles. The van der Waals surface area contributed by atoms with Crippen LogP contribution in [-0.4, -0.2) is 9.97 Å². The van der Waals surface area contributed by atoms with Crippen LogP contribution in [0.15, 0.2) is 59.5 Å². The Balaban J connectivity index is 2.07. The Kier molecular flexibility index (Phi) is 4.42. The molecule has 6 heteroatoms. The van der Waals surface area contributed by atoms with E-state index in [2.05, 4.69) is 14.8 Å². The van der Waals surface area contributed by atoms with Gasteiger partial charge in [0.25, 0.3) is 0 Å². The third-order valence-corrected chi connectivity index (χ3v) is 4.83. The number of nitrogens with zero attached hydrogens (tertiary/aromatic N) is 2. The van der Waals surface area contributed by atoms with Crippen LogP contribution in [0, 0.1) is 19.3 Å². The second kappa shape index (κ2) is 6.91. The second-order valence-corrected chi connectivity index (χ2v) is 6.77. The quantitative estimate of drug-likeness (QED) is 0.433. The van der Waals surface area contributed by atoms with Gasteiger partial charge < -0.3 is 4.98 Å². The van der Waals surface area contributed by atoms with Gasteiger partial charge >= 0.3 is 0 Å².